The number of halogens is 3. The summed E-state index contributed by atoms with van der Waals surface area (Å²) in [5.41, 5.74) is -0.760. The van der Waals surface area contributed by atoms with E-state index in [1.165, 1.54) is 38.5 Å². The van der Waals surface area contributed by atoms with Gasteiger partial charge >= 0.3 is 12.2 Å². The van der Waals surface area contributed by atoms with Crippen LogP contribution in [0.15, 0.2) is 40.5 Å². The molecule has 0 unspecified atom stereocenters. The van der Waals surface area contributed by atoms with E-state index in [1.807, 2.05) is 0 Å². The van der Waals surface area contributed by atoms with Crippen molar-refractivity contribution in [3.05, 3.63) is 47.7 Å². The molecule has 0 aliphatic rings. The van der Waals surface area contributed by atoms with E-state index in [0.717, 1.165) is 16.7 Å². The molecular formula is C22H20F3N7O3S. The highest BCUT2D eigenvalue weighted by atomic mass is 32.1. The maximum atomic E-state index is 13.2. The summed E-state index contributed by atoms with van der Waals surface area (Å²) >= 11 is 0.807. The number of thiazole rings is 1. The third-order valence-electron chi connectivity index (χ3n) is 4.75. The number of carbonyl (C=O) groups is 1. The first kappa shape index (κ1) is 25.2. The van der Waals surface area contributed by atoms with Crippen molar-refractivity contribution in [1.82, 2.24) is 30.5 Å². The van der Waals surface area contributed by atoms with E-state index in [9.17, 15) is 23.1 Å². The number of carbonyl (C=O) groups excluding carboxylic acids is 1. The highest BCUT2D eigenvalue weighted by Gasteiger charge is 2.34. The van der Waals surface area contributed by atoms with Crippen LogP contribution in [-0.2, 0) is 11.8 Å². The lowest BCUT2D eigenvalue weighted by atomic mass is 10.0. The quantitative estimate of drug-likeness (QED) is 0.333. The number of urea groups is 1. The van der Waals surface area contributed by atoms with Gasteiger partial charge in [0.2, 0.25) is 11.8 Å². The minimum atomic E-state index is -4.61. The van der Waals surface area contributed by atoms with Crippen molar-refractivity contribution in [2.24, 2.45) is 0 Å². The van der Waals surface area contributed by atoms with Gasteiger partial charge in [0.25, 0.3) is 0 Å². The third kappa shape index (κ3) is 5.49. The molecule has 0 aromatic carbocycles. The Morgan fingerprint density at radius 3 is 2.50 bits per heavy atom. The van der Waals surface area contributed by atoms with Crippen molar-refractivity contribution >= 4 is 23.2 Å². The monoisotopic (exact) mass is 519 g/mol. The molecule has 0 aliphatic carbocycles. The number of aliphatic hydroxyl groups is 1. The molecule has 0 aliphatic heterocycles. The van der Waals surface area contributed by atoms with Gasteiger partial charge in [-0.1, -0.05) is 0 Å². The summed E-state index contributed by atoms with van der Waals surface area (Å²) in [6, 6.07) is 2.57. The first-order valence-corrected chi connectivity index (χ1v) is 11.4. The van der Waals surface area contributed by atoms with Crippen LogP contribution in [0.5, 0.6) is 0 Å². The number of hydrogen-bond acceptors (Lipinski definition) is 9. The number of anilines is 1. The van der Waals surface area contributed by atoms with Crippen LogP contribution in [0, 0.1) is 0 Å². The van der Waals surface area contributed by atoms with Gasteiger partial charge in [-0.05, 0) is 32.9 Å². The molecule has 0 atom stereocenters. The Labute approximate surface area is 206 Å². The number of nitrogens with one attached hydrogen (secondary N) is 2. The van der Waals surface area contributed by atoms with E-state index in [4.69, 9.17) is 4.42 Å². The van der Waals surface area contributed by atoms with Crippen molar-refractivity contribution in [3.63, 3.8) is 0 Å². The third-order valence-corrected chi connectivity index (χ3v) is 5.63. The molecule has 3 N–H and O–H groups in total. The Morgan fingerprint density at radius 1 is 1.11 bits per heavy atom. The Kier molecular flexibility index (Phi) is 6.73. The van der Waals surface area contributed by atoms with Gasteiger partial charge in [-0.3, -0.25) is 10.3 Å². The molecule has 36 heavy (non-hydrogen) atoms. The minimum Gasteiger partial charge on any atom is -0.418 e. The molecule has 10 nitrogen and oxygen atoms in total. The molecule has 4 aromatic rings. The van der Waals surface area contributed by atoms with Crippen molar-refractivity contribution < 1.29 is 27.5 Å². The molecule has 2 amide bonds. The summed E-state index contributed by atoms with van der Waals surface area (Å²) in [5.74, 6) is 0.229. The molecular weight excluding hydrogens is 499 g/mol. The lowest BCUT2D eigenvalue weighted by molar-refractivity contribution is -0.140. The molecule has 14 heteroatoms. The smallest absolute Gasteiger partial charge is 0.418 e. The predicted molar refractivity (Wildman–Crippen MR) is 125 cm³/mol. The van der Waals surface area contributed by atoms with Gasteiger partial charge in [-0.25, -0.2) is 14.8 Å². The summed E-state index contributed by atoms with van der Waals surface area (Å²) < 4.78 is 45.2. The van der Waals surface area contributed by atoms with E-state index >= 15 is 0 Å². The van der Waals surface area contributed by atoms with Crippen molar-refractivity contribution in [2.75, 3.05) is 11.9 Å². The Hall–Kier alpha value is -3.91. The zero-order valence-electron chi connectivity index (χ0n) is 19.2. The van der Waals surface area contributed by atoms with Gasteiger partial charge in [0, 0.05) is 47.2 Å². The van der Waals surface area contributed by atoms with Crippen molar-refractivity contribution in [1.29, 1.82) is 0 Å². The zero-order valence-corrected chi connectivity index (χ0v) is 20.0. The maximum absolute atomic E-state index is 13.2. The molecule has 0 spiro atoms. The molecule has 4 rings (SSSR count). The van der Waals surface area contributed by atoms with E-state index in [1.54, 1.807) is 13.0 Å². The molecule has 0 bridgehead atoms. The number of amides is 2. The molecule has 4 aromatic heterocycles. The van der Waals surface area contributed by atoms with E-state index < -0.39 is 23.5 Å². The highest BCUT2D eigenvalue weighted by Crippen LogP contribution is 2.39. The number of nitrogens with zero attached hydrogens (tertiary/aromatic N) is 5. The van der Waals surface area contributed by atoms with Crippen LogP contribution >= 0.6 is 11.3 Å². The highest BCUT2D eigenvalue weighted by molar-refractivity contribution is 7.13. The van der Waals surface area contributed by atoms with Gasteiger partial charge in [0.1, 0.15) is 16.4 Å². The molecule has 0 saturated carbocycles. The second kappa shape index (κ2) is 9.62. The van der Waals surface area contributed by atoms with Gasteiger partial charge in [0.15, 0.2) is 5.69 Å². The van der Waals surface area contributed by atoms with Crippen molar-refractivity contribution in [3.8, 4) is 33.2 Å². The topological polar surface area (TPSA) is 139 Å². The molecule has 0 radical (unpaired) electrons. The SMILES string of the molecule is CCNC(=O)Nc1cc(-c2nc(C(F)(F)F)cs2)c(-c2cncc(-c3nnc(C(C)(C)O)o3)c2)cn1. The van der Waals surface area contributed by atoms with Gasteiger partial charge in [-0.2, -0.15) is 13.2 Å². The van der Waals surface area contributed by atoms with Crippen LogP contribution in [0.1, 0.15) is 32.4 Å². The van der Waals surface area contributed by atoms with Crippen molar-refractivity contribution in [2.45, 2.75) is 32.5 Å². The Morgan fingerprint density at radius 2 is 1.86 bits per heavy atom. The fourth-order valence-electron chi connectivity index (χ4n) is 3.07. The Bertz CT molecular complexity index is 1400. The van der Waals surface area contributed by atoms with Crippen LogP contribution in [0.25, 0.3) is 33.2 Å². The fraction of sp³-hybridized carbons (Fsp3) is 0.273. The number of pyridine rings is 2. The lowest BCUT2D eigenvalue weighted by Gasteiger charge is -2.12. The number of rotatable bonds is 6. The standard InChI is InChI=1S/C22H20F3N7O3S/c1-4-27-20(33)30-16-6-13(18-29-15(10-36-18)22(23,24)25)14(9-28-16)11-5-12(8-26-7-11)17-31-32-19(35-17)21(2,3)34/h5-10,34H,4H2,1-3H3,(H2,27,28,30,33). The number of hydrogen-bond donors (Lipinski definition) is 3. The van der Waals surface area contributed by atoms with Crippen LogP contribution in [-0.4, -0.2) is 42.8 Å². The average Bonchev–Trinajstić information content (AvgIpc) is 3.49. The largest absolute Gasteiger partial charge is 0.434 e. The fourth-order valence-corrected chi connectivity index (χ4v) is 3.93. The Balaban J connectivity index is 1.79. The van der Waals surface area contributed by atoms with Gasteiger partial charge < -0.3 is 14.8 Å². The summed E-state index contributed by atoms with van der Waals surface area (Å²) in [6.07, 6.45) is -0.245. The zero-order chi connectivity index (χ0) is 26.1. The molecule has 188 valence electrons. The van der Waals surface area contributed by atoms with Gasteiger partial charge in [-0.15, -0.1) is 21.5 Å². The van der Waals surface area contributed by atoms with Crippen LogP contribution < -0.4 is 10.6 Å². The summed E-state index contributed by atoms with van der Waals surface area (Å²) in [4.78, 5) is 24.1. The second-order valence-electron chi connectivity index (χ2n) is 8.07. The van der Waals surface area contributed by atoms with Gasteiger partial charge in [0.05, 0.1) is 5.56 Å². The first-order valence-electron chi connectivity index (χ1n) is 10.6. The lowest BCUT2D eigenvalue weighted by Crippen LogP contribution is -2.28. The van der Waals surface area contributed by atoms with E-state index in [0.29, 0.717) is 28.8 Å². The second-order valence-corrected chi connectivity index (χ2v) is 8.93. The number of alkyl halides is 3. The summed E-state index contributed by atoms with van der Waals surface area (Å²) in [7, 11) is 0. The first-order chi connectivity index (χ1) is 17.0. The minimum absolute atomic E-state index is 0.00788. The van der Waals surface area contributed by atoms with E-state index in [-0.39, 0.29) is 22.6 Å². The molecule has 4 heterocycles. The van der Waals surface area contributed by atoms with E-state index in [2.05, 4.69) is 35.8 Å². The summed E-state index contributed by atoms with van der Waals surface area (Å²) in [6.45, 7) is 5.11. The van der Waals surface area contributed by atoms with Crippen LogP contribution in [0.3, 0.4) is 0 Å². The maximum Gasteiger partial charge on any atom is 0.434 e. The number of aromatic nitrogens is 5. The van der Waals surface area contributed by atoms with Crippen LogP contribution in [0.2, 0.25) is 0 Å². The molecule has 0 saturated heterocycles. The molecule has 0 fully saturated rings. The average molecular weight is 520 g/mol. The summed E-state index contributed by atoms with van der Waals surface area (Å²) in [5, 5.41) is 24.0. The normalized spacial score (nSPS) is 12.0. The predicted octanol–water partition coefficient (Wildman–Crippen LogP) is 4.70. The van der Waals surface area contributed by atoms with Crippen LogP contribution in [0.4, 0.5) is 23.8 Å².